The number of amides is 1. The lowest BCUT2D eigenvalue weighted by Gasteiger charge is -2.24. The second kappa shape index (κ2) is 5.36. The van der Waals surface area contributed by atoms with Crippen LogP contribution in [0.25, 0.3) is 0 Å². The highest BCUT2D eigenvalue weighted by molar-refractivity contribution is 5.79. The molecule has 4 nitrogen and oxygen atoms in total. The smallest absolute Gasteiger partial charge is 0.222 e. The fourth-order valence-corrected chi connectivity index (χ4v) is 1.99. The lowest BCUT2D eigenvalue weighted by Crippen LogP contribution is -2.30. The number of rotatable bonds is 7. The van der Waals surface area contributed by atoms with Crippen LogP contribution < -0.4 is 0 Å². The Kier molecular flexibility index (Phi) is 4.55. The van der Waals surface area contributed by atoms with Gasteiger partial charge in [0, 0.05) is 25.5 Å². The summed E-state index contributed by atoms with van der Waals surface area (Å²) in [6.07, 6.45) is 0.574. The average Bonchev–Trinajstić information content (AvgIpc) is 2.89. The molecule has 0 aromatic carbocycles. The molecule has 0 aromatic rings. The molecule has 1 atom stereocenters. The number of hydrogen-bond donors (Lipinski definition) is 0. The summed E-state index contributed by atoms with van der Waals surface area (Å²) >= 11 is 0. The summed E-state index contributed by atoms with van der Waals surface area (Å²) in [7, 11) is 1.70. The van der Waals surface area contributed by atoms with E-state index in [0.717, 1.165) is 6.54 Å². The first-order valence-electron chi connectivity index (χ1n) is 6.22. The lowest BCUT2D eigenvalue weighted by atomic mass is 9.96. The molecule has 0 spiro atoms. The molecule has 1 amide bonds. The van der Waals surface area contributed by atoms with Crippen molar-refractivity contribution in [2.24, 2.45) is 5.41 Å². The van der Waals surface area contributed by atoms with Crippen molar-refractivity contribution in [1.29, 1.82) is 0 Å². The Morgan fingerprint density at radius 3 is 2.59 bits per heavy atom. The van der Waals surface area contributed by atoms with Gasteiger partial charge in [0.1, 0.15) is 0 Å². The van der Waals surface area contributed by atoms with Crippen molar-refractivity contribution < 1.29 is 14.3 Å². The number of carbonyl (C=O) groups excluding carboxylic acids is 1. The Bertz CT molecular complexity index is 278. The van der Waals surface area contributed by atoms with Crippen LogP contribution in [0.1, 0.15) is 34.1 Å². The fourth-order valence-electron chi connectivity index (χ4n) is 1.99. The normalized spacial score (nSPS) is 23.9. The van der Waals surface area contributed by atoms with Crippen LogP contribution >= 0.6 is 0 Å². The standard InChI is InChI=1S/C13H25NO3/c1-6-11(15)14-7-13(14,4)10-17-9-12(2,3)8-16-5/h6-10H2,1-5H3. The Labute approximate surface area is 104 Å². The summed E-state index contributed by atoms with van der Waals surface area (Å²) in [4.78, 5) is 13.4. The van der Waals surface area contributed by atoms with E-state index in [2.05, 4.69) is 20.8 Å². The highest BCUT2D eigenvalue weighted by Crippen LogP contribution is 2.33. The minimum absolute atomic E-state index is 0.0274. The first-order valence-corrected chi connectivity index (χ1v) is 6.22. The van der Waals surface area contributed by atoms with Gasteiger partial charge in [-0.2, -0.15) is 0 Å². The molecule has 0 N–H and O–H groups in total. The summed E-state index contributed by atoms with van der Waals surface area (Å²) in [6.45, 7) is 11.0. The molecule has 0 bridgehead atoms. The molecule has 0 aliphatic carbocycles. The monoisotopic (exact) mass is 243 g/mol. The van der Waals surface area contributed by atoms with Crippen LogP contribution in [0.5, 0.6) is 0 Å². The number of hydrogen-bond acceptors (Lipinski definition) is 3. The number of nitrogens with zero attached hydrogens (tertiary/aromatic N) is 1. The SMILES string of the molecule is CCC(=O)N1CC1(C)COCC(C)(C)COC. The minimum Gasteiger partial charge on any atom is -0.384 e. The van der Waals surface area contributed by atoms with Gasteiger partial charge < -0.3 is 14.4 Å². The maximum Gasteiger partial charge on any atom is 0.222 e. The van der Waals surface area contributed by atoms with Crippen LogP contribution in [0.3, 0.4) is 0 Å². The predicted octanol–water partition coefficient (Wildman–Crippen LogP) is 1.69. The van der Waals surface area contributed by atoms with Gasteiger partial charge in [0.25, 0.3) is 0 Å². The molecule has 1 saturated heterocycles. The van der Waals surface area contributed by atoms with Gasteiger partial charge in [0.2, 0.25) is 5.91 Å². The molecular formula is C13H25NO3. The van der Waals surface area contributed by atoms with Crippen molar-refractivity contribution in [3.8, 4) is 0 Å². The van der Waals surface area contributed by atoms with E-state index >= 15 is 0 Å². The summed E-state index contributed by atoms with van der Waals surface area (Å²) < 4.78 is 10.9. The van der Waals surface area contributed by atoms with Gasteiger partial charge in [-0.25, -0.2) is 0 Å². The Balaban J connectivity index is 2.27. The molecule has 0 aromatic heterocycles. The Morgan fingerprint density at radius 2 is 2.06 bits per heavy atom. The summed E-state index contributed by atoms with van der Waals surface area (Å²) in [5.74, 6) is 0.215. The number of carbonyl (C=O) groups is 1. The van der Waals surface area contributed by atoms with Gasteiger partial charge in [-0.1, -0.05) is 20.8 Å². The third kappa shape index (κ3) is 3.96. The van der Waals surface area contributed by atoms with Gasteiger partial charge in [0.15, 0.2) is 0 Å². The van der Waals surface area contributed by atoms with Gasteiger partial charge in [0.05, 0.1) is 25.4 Å². The summed E-state index contributed by atoms with van der Waals surface area (Å²) in [5, 5.41) is 0. The molecule has 1 aliphatic heterocycles. The van der Waals surface area contributed by atoms with Crippen LogP contribution in [0.2, 0.25) is 0 Å². The molecule has 100 valence electrons. The lowest BCUT2D eigenvalue weighted by molar-refractivity contribution is -0.127. The van der Waals surface area contributed by atoms with E-state index in [0.29, 0.717) is 26.2 Å². The molecule has 0 saturated carbocycles. The maximum absolute atomic E-state index is 11.5. The van der Waals surface area contributed by atoms with Gasteiger partial charge in [-0.3, -0.25) is 4.79 Å². The average molecular weight is 243 g/mol. The van der Waals surface area contributed by atoms with Crippen LogP contribution in [0.4, 0.5) is 0 Å². The summed E-state index contributed by atoms with van der Waals surface area (Å²) in [6, 6.07) is 0. The minimum atomic E-state index is -0.0732. The number of ether oxygens (including phenoxy) is 2. The second-order valence-corrected chi connectivity index (χ2v) is 5.92. The van der Waals surface area contributed by atoms with E-state index in [9.17, 15) is 4.79 Å². The van der Waals surface area contributed by atoms with Gasteiger partial charge in [-0.05, 0) is 6.92 Å². The molecule has 1 unspecified atom stereocenters. The largest absolute Gasteiger partial charge is 0.384 e. The number of methoxy groups -OCH3 is 1. The van der Waals surface area contributed by atoms with E-state index in [4.69, 9.17) is 9.47 Å². The third-order valence-corrected chi connectivity index (χ3v) is 3.09. The van der Waals surface area contributed by atoms with Crippen molar-refractivity contribution >= 4 is 5.91 Å². The Hall–Kier alpha value is -0.610. The molecule has 1 fully saturated rings. The molecule has 1 aliphatic rings. The van der Waals surface area contributed by atoms with Gasteiger partial charge >= 0.3 is 0 Å². The van der Waals surface area contributed by atoms with E-state index in [1.54, 1.807) is 7.11 Å². The zero-order chi connectivity index (χ0) is 13.1. The zero-order valence-electron chi connectivity index (χ0n) is 11.7. The van der Waals surface area contributed by atoms with Crippen LogP contribution in [-0.2, 0) is 14.3 Å². The van der Waals surface area contributed by atoms with E-state index in [-0.39, 0.29) is 16.9 Å². The van der Waals surface area contributed by atoms with E-state index in [1.807, 2.05) is 11.8 Å². The highest BCUT2D eigenvalue weighted by Gasteiger charge is 2.50. The van der Waals surface area contributed by atoms with Crippen molar-refractivity contribution in [3.63, 3.8) is 0 Å². The Morgan fingerprint density at radius 1 is 1.41 bits per heavy atom. The molecule has 0 radical (unpaired) electrons. The molecule has 1 heterocycles. The topological polar surface area (TPSA) is 38.5 Å². The van der Waals surface area contributed by atoms with Crippen molar-refractivity contribution in [1.82, 2.24) is 4.90 Å². The first kappa shape index (κ1) is 14.5. The zero-order valence-corrected chi connectivity index (χ0v) is 11.7. The fraction of sp³-hybridized carbons (Fsp3) is 0.923. The van der Waals surface area contributed by atoms with Crippen molar-refractivity contribution in [3.05, 3.63) is 0 Å². The third-order valence-electron chi connectivity index (χ3n) is 3.09. The first-order chi connectivity index (χ1) is 7.84. The second-order valence-electron chi connectivity index (χ2n) is 5.92. The maximum atomic E-state index is 11.5. The van der Waals surface area contributed by atoms with Crippen LogP contribution in [-0.4, -0.2) is 49.8 Å². The molecule has 17 heavy (non-hydrogen) atoms. The summed E-state index contributed by atoms with van der Waals surface area (Å²) in [5.41, 5.74) is -0.0458. The van der Waals surface area contributed by atoms with Crippen molar-refractivity contribution in [2.45, 2.75) is 39.7 Å². The van der Waals surface area contributed by atoms with Crippen LogP contribution in [0.15, 0.2) is 0 Å². The molecule has 1 rings (SSSR count). The quantitative estimate of drug-likeness (QED) is 0.639. The molecular weight excluding hydrogens is 218 g/mol. The predicted molar refractivity (Wildman–Crippen MR) is 66.9 cm³/mol. The van der Waals surface area contributed by atoms with Gasteiger partial charge in [-0.15, -0.1) is 0 Å². The van der Waals surface area contributed by atoms with Crippen LogP contribution in [0, 0.1) is 5.41 Å². The van der Waals surface area contributed by atoms with Crippen molar-refractivity contribution in [2.75, 3.05) is 33.5 Å². The molecule has 4 heteroatoms. The van der Waals surface area contributed by atoms with E-state index < -0.39 is 0 Å². The highest BCUT2D eigenvalue weighted by atomic mass is 16.5. The van der Waals surface area contributed by atoms with E-state index in [1.165, 1.54) is 0 Å².